The van der Waals surface area contributed by atoms with Crippen LogP contribution < -0.4 is 20.1 Å². The fourth-order valence-electron chi connectivity index (χ4n) is 3.84. The van der Waals surface area contributed by atoms with E-state index >= 15 is 0 Å². The molecule has 0 spiro atoms. The number of benzene rings is 1. The Morgan fingerprint density at radius 3 is 2.55 bits per heavy atom. The molecule has 208 valence electrons. The molecule has 3 N–H and O–H groups in total. The first-order valence-electron chi connectivity index (χ1n) is 13.1. The second-order valence-electron chi connectivity index (χ2n) is 9.85. The Morgan fingerprint density at radius 2 is 1.80 bits per heavy atom. The summed E-state index contributed by atoms with van der Waals surface area (Å²) in [5.74, 6) is 2.97. The average Bonchev–Trinajstić information content (AvgIpc) is 2.94. The molecule has 0 saturated carbocycles. The van der Waals surface area contributed by atoms with Crippen LogP contribution in [-0.4, -0.2) is 71.7 Å². The number of nitrogens with zero attached hydrogens (tertiary/aromatic N) is 5. The zero-order valence-corrected chi connectivity index (χ0v) is 23.6. The summed E-state index contributed by atoms with van der Waals surface area (Å²) in [5.41, 5.74) is 4.23. The summed E-state index contributed by atoms with van der Waals surface area (Å²) in [6.07, 6.45) is 5.28. The Morgan fingerprint density at radius 1 is 1.00 bits per heavy atom. The molecule has 3 aromatic heterocycles. The van der Waals surface area contributed by atoms with E-state index in [9.17, 15) is 0 Å². The molecule has 10 nitrogen and oxygen atoms in total. The second-order valence-corrected chi connectivity index (χ2v) is 9.85. The molecule has 0 aliphatic heterocycles. The monoisotopic (exact) mass is 540 g/mol. The average molecular weight is 541 g/mol. The lowest BCUT2D eigenvalue weighted by Gasteiger charge is -2.14. The van der Waals surface area contributed by atoms with Crippen LogP contribution in [0.2, 0.25) is 0 Å². The van der Waals surface area contributed by atoms with Crippen LogP contribution in [0.4, 0.5) is 11.6 Å². The summed E-state index contributed by atoms with van der Waals surface area (Å²) < 4.78 is 11.7. The minimum absolute atomic E-state index is 0.0760. The molecule has 0 radical (unpaired) electrons. The summed E-state index contributed by atoms with van der Waals surface area (Å²) in [7, 11) is 5.80. The van der Waals surface area contributed by atoms with Crippen molar-refractivity contribution in [3.8, 4) is 11.5 Å². The Balaban J connectivity index is 1.48. The van der Waals surface area contributed by atoms with Gasteiger partial charge in [0.15, 0.2) is 5.82 Å². The largest absolute Gasteiger partial charge is 0.492 e. The first-order chi connectivity index (χ1) is 19.3. The smallest absolute Gasteiger partial charge is 0.154 e. The molecule has 4 rings (SSSR count). The van der Waals surface area contributed by atoms with Gasteiger partial charge < -0.3 is 30.4 Å². The molecule has 0 aliphatic rings. The summed E-state index contributed by atoms with van der Waals surface area (Å²) >= 11 is 0. The molecule has 0 amide bonds. The zero-order chi connectivity index (χ0) is 28.5. The number of hydrogen-bond donors (Lipinski definition) is 3. The third kappa shape index (κ3) is 7.73. The second kappa shape index (κ2) is 13.5. The molecule has 0 atom stereocenters. The fourth-order valence-corrected chi connectivity index (χ4v) is 3.84. The molecule has 0 aliphatic carbocycles. The van der Waals surface area contributed by atoms with Gasteiger partial charge in [-0.15, -0.1) is 5.10 Å². The van der Waals surface area contributed by atoms with Crippen LogP contribution >= 0.6 is 0 Å². The lowest BCUT2D eigenvalue weighted by molar-refractivity contribution is 0.260. The van der Waals surface area contributed by atoms with Crippen LogP contribution in [0.5, 0.6) is 11.5 Å². The number of fused-ring (bicyclic) bond motifs is 1. The molecule has 0 bridgehead atoms. The van der Waals surface area contributed by atoms with E-state index in [0.717, 1.165) is 28.9 Å². The number of hydrogen-bond acceptors (Lipinski definition) is 10. The number of likely N-dealkylation sites (N-methyl/N-ethyl adjacent to an activating group) is 1. The predicted molar refractivity (Wildman–Crippen MR) is 160 cm³/mol. The molecule has 10 heteroatoms. The van der Waals surface area contributed by atoms with Crippen molar-refractivity contribution < 1.29 is 9.47 Å². The Kier molecular flexibility index (Phi) is 9.58. The highest BCUT2D eigenvalue weighted by molar-refractivity contribution is 6.23. The lowest BCUT2D eigenvalue weighted by atomic mass is 10.0. The van der Waals surface area contributed by atoms with Crippen molar-refractivity contribution in [2.45, 2.75) is 19.8 Å². The molecule has 4 aromatic rings. The van der Waals surface area contributed by atoms with Gasteiger partial charge in [-0.3, -0.25) is 4.98 Å². The van der Waals surface area contributed by atoms with E-state index in [0.29, 0.717) is 46.7 Å². The maximum Gasteiger partial charge on any atom is 0.154 e. The van der Waals surface area contributed by atoms with Crippen molar-refractivity contribution in [3.05, 3.63) is 78.3 Å². The normalized spacial score (nSPS) is 11.6. The highest BCUT2D eigenvalue weighted by Crippen LogP contribution is 2.24. The Labute approximate surface area is 235 Å². The molecule has 0 fully saturated rings. The van der Waals surface area contributed by atoms with Crippen molar-refractivity contribution in [1.29, 1.82) is 5.41 Å². The van der Waals surface area contributed by atoms with E-state index in [1.54, 1.807) is 25.6 Å². The number of ether oxygens (including phenoxy) is 2. The topological polar surface area (TPSA) is 121 Å². The number of rotatable bonds is 13. The molecule has 0 saturated heterocycles. The number of nitrogens with one attached hydrogen (secondary N) is 3. The zero-order valence-electron chi connectivity index (χ0n) is 23.6. The Bertz CT molecular complexity index is 1490. The van der Waals surface area contributed by atoms with E-state index in [-0.39, 0.29) is 6.61 Å². The molecule has 40 heavy (non-hydrogen) atoms. The summed E-state index contributed by atoms with van der Waals surface area (Å²) in [6.45, 7) is 5.70. The maximum absolute atomic E-state index is 8.76. The summed E-state index contributed by atoms with van der Waals surface area (Å²) in [6, 6.07) is 15.1. The third-order valence-electron chi connectivity index (χ3n) is 6.06. The van der Waals surface area contributed by atoms with E-state index in [2.05, 4.69) is 44.6 Å². The summed E-state index contributed by atoms with van der Waals surface area (Å²) in [4.78, 5) is 11.4. The van der Waals surface area contributed by atoms with E-state index in [4.69, 9.17) is 19.9 Å². The van der Waals surface area contributed by atoms with E-state index in [1.165, 1.54) is 0 Å². The van der Waals surface area contributed by atoms with Gasteiger partial charge in [0, 0.05) is 43.2 Å². The third-order valence-corrected chi connectivity index (χ3v) is 6.06. The van der Waals surface area contributed by atoms with Crippen LogP contribution in [0, 0.1) is 5.41 Å². The van der Waals surface area contributed by atoms with Crippen LogP contribution in [0.25, 0.3) is 16.6 Å². The van der Waals surface area contributed by atoms with Crippen molar-refractivity contribution in [1.82, 2.24) is 30.4 Å². The van der Waals surface area contributed by atoms with Gasteiger partial charge in [0.1, 0.15) is 30.5 Å². The van der Waals surface area contributed by atoms with Crippen molar-refractivity contribution in [2.75, 3.05) is 46.2 Å². The van der Waals surface area contributed by atoms with Gasteiger partial charge in [-0.1, -0.05) is 19.9 Å². The van der Waals surface area contributed by atoms with Gasteiger partial charge in [-0.2, -0.15) is 5.10 Å². The Hall–Kier alpha value is -4.57. The van der Waals surface area contributed by atoms with Crippen molar-refractivity contribution in [3.63, 3.8) is 0 Å². The van der Waals surface area contributed by atoms with Crippen molar-refractivity contribution in [2.24, 2.45) is 0 Å². The van der Waals surface area contributed by atoms with E-state index in [1.807, 2.05) is 62.6 Å². The van der Waals surface area contributed by atoms with Gasteiger partial charge in [-0.25, -0.2) is 4.98 Å². The van der Waals surface area contributed by atoms with E-state index < -0.39 is 0 Å². The molecule has 3 heterocycles. The first kappa shape index (κ1) is 28.4. The molecular formula is C30H36N8O2. The van der Waals surface area contributed by atoms with Gasteiger partial charge in [0.25, 0.3) is 0 Å². The lowest BCUT2D eigenvalue weighted by Crippen LogP contribution is -2.19. The maximum atomic E-state index is 8.76. The molecule has 0 unspecified atom stereocenters. The highest BCUT2D eigenvalue weighted by Gasteiger charge is 2.13. The fraction of sp³-hybridized carbons (Fsp3) is 0.300. The van der Waals surface area contributed by atoms with Crippen LogP contribution in [0.1, 0.15) is 30.9 Å². The van der Waals surface area contributed by atoms with Crippen molar-refractivity contribution >= 4 is 34.0 Å². The summed E-state index contributed by atoms with van der Waals surface area (Å²) in [5, 5.41) is 23.3. The quantitative estimate of drug-likeness (QED) is 0.204. The standard InChI is InChI=1S/C30H36N8O2/c1-20(2)21-14-30(37-34-17-21)36-29-10-9-27-28(35-29)13-22(16-33-27)25(18-32-3)26(31)19-40-24-8-6-7-23(15-24)39-12-11-38(4)5/h6-10,13-18,20,31-32H,11-12,19H2,1-5H3,(H,35,36,37)/b25-18-,31-26?. The van der Waals surface area contributed by atoms with Gasteiger partial charge in [0.05, 0.1) is 22.9 Å². The number of aromatic nitrogens is 4. The number of anilines is 2. The minimum Gasteiger partial charge on any atom is -0.492 e. The predicted octanol–water partition coefficient (Wildman–Crippen LogP) is 4.89. The molecular weight excluding hydrogens is 504 g/mol. The highest BCUT2D eigenvalue weighted by atomic mass is 16.5. The van der Waals surface area contributed by atoms with Crippen LogP contribution in [0.15, 0.2) is 67.1 Å². The van der Waals surface area contributed by atoms with Gasteiger partial charge >= 0.3 is 0 Å². The van der Waals surface area contributed by atoms with Gasteiger partial charge in [0.2, 0.25) is 0 Å². The molecule has 1 aromatic carbocycles. The van der Waals surface area contributed by atoms with Crippen LogP contribution in [-0.2, 0) is 0 Å². The van der Waals surface area contributed by atoms with Crippen LogP contribution in [0.3, 0.4) is 0 Å². The van der Waals surface area contributed by atoms with Gasteiger partial charge in [-0.05, 0) is 62.0 Å². The number of pyridine rings is 2. The SMILES string of the molecule is CN/C=C(\C(=N)COc1cccc(OCCN(C)C)c1)c1cnc2ccc(Nc3cc(C(C)C)cnn3)nc2c1. The first-order valence-corrected chi connectivity index (χ1v) is 13.1. The minimum atomic E-state index is 0.0760.